The maximum atomic E-state index is 12.2. The topological polar surface area (TPSA) is 84.0 Å². The Labute approximate surface area is 207 Å². The van der Waals surface area contributed by atoms with Gasteiger partial charge in [0.05, 0.1) is 26.3 Å². The molecule has 3 rings (SSSR count). The molecule has 1 unspecified atom stereocenters. The van der Waals surface area contributed by atoms with Gasteiger partial charge >= 0.3 is 0 Å². The van der Waals surface area contributed by atoms with Gasteiger partial charge in [0.15, 0.2) is 5.96 Å². The van der Waals surface area contributed by atoms with Crippen LogP contribution in [0.25, 0.3) is 0 Å². The molecular formula is C24H33IN4O3. The van der Waals surface area contributed by atoms with E-state index in [1.807, 2.05) is 56.3 Å². The molecule has 0 radical (unpaired) electrons. The van der Waals surface area contributed by atoms with E-state index in [4.69, 9.17) is 9.47 Å². The molecule has 1 atom stereocenters. The van der Waals surface area contributed by atoms with Gasteiger partial charge in [-0.2, -0.15) is 0 Å². The molecule has 174 valence electrons. The summed E-state index contributed by atoms with van der Waals surface area (Å²) in [7, 11) is 0. The summed E-state index contributed by atoms with van der Waals surface area (Å²) in [5, 5.41) is 9.19. The molecule has 8 heteroatoms. The third-order valence-corrected chi connectivity index (χ3v) is 4.90. The van der Waals surface area contributed by atoms with Crippen molar-refractivity contribution in [3.05, 3.63) is 65.2 Å². The van der Waals surface area contributed by atoms with E-state index in [-0.39, 0.29) is 42.5 Å². The fourth-order valence-electron chi connectivity index (χ4n) is 3.22. The SMILES string of the molecule is CCNC(=NCc1ccc(C)cc1OC1CCOC1)NCC(=O)NCc1ccccc1.I. The zero-order valence-electron chi connectivity index (χ0n) is 18.7. The molecule has 0 aromatic heterocycles. The number of aryl methyl sites for hydroxylation is 1. The Balaban J connectivity index is 0.00000363. The van der Waals surface area contributed by atoms with E-state index in [0.717, 1.165) is 35.5 Å². The first-order valence-corrected chi connectivity index (χ1v) is 10.8. The molecule has 3 N–H and O–H groups in total. The van der Waals surface area contributed by atoms with E-state index in [2.05, 4.69) is 27.0 Å². The minimum absolute atomic E-state index is 0. The number of nitrogens with one attached hydrogen (secondary N) is 3. The molecule has 32 heavy (non-hydrogen) atoms. The summed E-state index contributed by atoms with van der Waals surface area (Å²) in [6.45, 7) is 7.21. The molecule has 1 saturated heterocycles. The van der Waals surface area contributed by atoms with E-state index in [9.17, 15) is 4.79 Å². The van der Waals surface area contributed by atoms with Crippen LogP contribution in [-0.2, 0) is 22.6 Å². The van der Waals surface area contributed by atoms with Gasteiger partial charge in [-0.3, -0.25) is 4.79 Å². The van der Waals surface area contributed by atoms with E-state index >= 15 is 0 Å². The second-order valence-electron chi connectivity index (χ2n) is 7.53. The van der Waals surface area contributed by atoms with Crippen LogP contribution in [-0.4, -0.2) is 44.3 Å². The van der Waals surface area contributed by atoms with E-state index in [1.54, 1.807) is 0 Å². The van der Waals surface area contributed by atoms with Gasteiger partial charge in [-0.25, -0.2) is 4.99 Å². The maximum absolute atomic E-state index is 12.2. The summed E-state index contributed by atoms with van der Waals surface area (Å²) in [6, 6.07) is 16.0. The quantitative estimate of drug-likeness (QED) is 0.253. The number of carbonyl (C=O) groups is 1. The van der Waals surface area contributed by atoms with Gasteiger partial charge in [0, 0.05) is 25.1 Å². The van der Waals surface area contributed by atoms with Gasteiger partial charge in [-0.15, -0.1) is 24.0 Å². The Kier molecular flexibility index (Phi) is 11.3. The van der Waals surface area contributed by atoms with Crippen molar-refractivity contribution in [2.45, 2.75) is 39.5 Å². The van der Waals surface area contributed by atoms with Crippen molar-refractivity contribution in [3.63, 3.8) is 0 Å². The van der Waals surface area contributed by atoms with Crippen molar-refractivity contribution in [1.82, 2.24) is 16.0 Å². The molecule has 0 bridgehead atoms. The molecule has 2 aromatic carbocycles. The lowest BCUT2D eigenvalue weighted by Gasteiger charge is -2.16. The lowest BCUT2D eigenvalue weighted by molar-refractivity contribution is -0.120. The number of rotatable bonds is 9. The van der Waals surface area contributed by atoms with Crippen LogP contribution < -0.4 is 20.7 Å². The van der Waals surface area contributed by atoms with Gasteiger partial charge in [0.2, 0.25) is 5.91 Å². The minimum Gasteiger partial charge on any atom is -0.488 e. The lowest BCUT2D eigenvalue weighted by atomic mass is 10.1. The molecular weight excluding hydrogens is 519 g/mol. The van der Waals surface area contributed by atoms with E-state index < -0.39 is 0 Å². The summed E-state index contributed by atoms with van der Waals surface area (Å²) in [5.41, 5.74) is 3.21. The highest BCUT2D eigenvalue weighted by atomic mass is 127. The number of hydrogen-bond acceptors (Lipinski definition) is 4. The average molecular weight is 552 g/mol. The Morgan fingerprint density at radius 1 is 1.16 bits per heavy atom. The molecule has 0 spiro atoms. The van der Waals surface area contributed by atoms with Gasteiger partial charge in [0.1, 0.15) is 11.9 Å². The van der Waals surface area contributed by atoms with Crippen LogP contribution in [0.3, 0.4) is 0 Å². The van der Waals surface area contributed by atoms with Crippen LogP contribution in [0.1, 0.15) is 30.0 Å². The van der Waals surface area contributed by atoms with Crippen LogP contribution >= 0.6 is 24.0 Å². The summed E-state index contributed by atoms with van der Waals surface area (Å²) in [4.78, 5) is 16.8. The number of guanidine groups is 1. The van der Waals surface area contributed by atoms with Crippen molar-refractivity contribution in [2.75, 3.05) is 26.3 Å². The van der Waals surface area contributed by atoms with Crippen LogP contribution in [0, 0.1) is 6.92 Å². The van der Waals surface area contributed by atoms with Crippen molar-refractivity contribution in [3.8, 4) is 5.75 Å². The number of carbonyl (C=O) groups excluding carboxylic acids is 1. The first-order chi connectivity index (χ1) is 15.1. The lowest BCUT2D eigenvalue weighted by Crippen LogP contribution is -2.43. The zero-order chi connectivity index (χ0) is 21.9. The molecule has 0 aliphatic carbocycles. The number of halogens is 1. The van der Waals surface area contributed by atoms with Crippen LogP contribution in [0.4, 0.5) is 0 Å². The number of hydrogen-bond donors (Lipinski definition) is 3. The summed E-state index contributed by atoms with van der Waals surface area (Å²) in [6.07, 6.45) is 0.989. The van der Waals surface area contributed by atoms with Gasteiger partial charge in [-0.05, 0) is 31.0 Å². The Morgan fingerprint density at radius 3 is 2.69 bits per heavy atom. The highest BCUT2D eigenvalue weighted by Gasteiger charge is 2.18. The third kappa shape index (κ3) is 8.66. The van der Waals surface area contributed by atoms with Crippen molar-refractivity contribution in [1.29, 1.82) is 0 Å². The second-order valence-corrected chi connectivity index (χ2v) is 7.53. The summed E-state index contributed by atoms with van der Waals surface area (Å²) in [5.74, 6) is 1.35. The number of benzene rings is 2. The molecule has 1 fully saturated rings. The van der Waals surface area contributed by atoms with Crippen LogP contribution in [0.15, 0.2) is 53.5 Å². The van der Waals surface area contributed by atoms with Crippen molar-refractivity contribution < 1.29 is 14.3 Å². The van der Waals surface area contributed by atoms with Gasteiger partial charge in [-0.1, -0.05) is 42.5 Å². The molecule has 1 aliphatic rings. The molecule has 1 aliphatic heterocycles. The highest BCUT2D eigenvalue weighted by Crippen LogP contribution is 2.24. The number of aliphatic imine (C=N–C) groups is 1. The van der Waals surface area contributed by atoms with Crippen molar-refractivity contribution in [2.24, 2.45) is 4.99 Å². The first-order valence-electron chi connectivity index (χ1n) is 10.8. The normalized spacial score (nSPS) is 15.6. The van der Waals surface area contributed by atoms with E-state index in [1.165, 1.54) is 0 Å². The fourth-order valence-corrected chi connectivity index (χ4v) is 3.22. The number of nitrogens with zero attached hydrogens (tertiary/aromatic N) is 1. The monoisotopic (exact) mass is 552 g/mol. The predicted octanol–water partition coefficient (Wildman–Crippen LogP) is 3.15. The first kappa shape index (κ1) is 25.9. The Morgan fingerprint density at radius 2 is 1.97 bits per heavy atom. The predicted molar refractivity (Wildman–Crippen MR) is 138 cm³/mol. The summed E-state index contributed by atoms with van der Waals surface area (Å²) < 4.78 is 11.6. The summed E-state index contributed by atoms with van der Waals surface area (Å²) >= 11 is 0. The van der Waals surface area contributed by atoms with Crippen molar-refractivity contribution >= 4 is 35.8 Å². The number of ether oxygens (including phenoxy) is 2. The van der Waals surface area contributed by atoms with Gasteiger partial charge < -0.3 is 25.4 Å². The largest absolute Gasteiger partial charge is 0.488 e. The smallest absolute Gasteiger partial charge is 0.239 e. The second kappa shape index (κ2) is 13.9. The standard InChI is InChI=1S/C24H32N4O3.HI/c1-3-25-24(28-16-23(29)26-14-19-7-5-4-6-8-19)27-15-20-10-9-18(2)13-22(20)31-21-11-12-30-17-21;/h4-10,13,21H,3,11-12,14-17H2,1-2H3,(H,26,29)(H2,25,27,28);1H. The molecule has 1 amide bonds. The molecule has 0 saturated carbocycles. The molecule has 2 aromatic rings. The van der Waals surface area contributed by atoms with Crippen LogP contribution in [0.5, 0.6) is 5.75 Å². The third-order valence-electron chi connectivity index (χ3n) is 4.90. The Bertz CT molecular complexity index is 871. The Hall–Kier alpha value is -2.33. The average Bonchev–Trinajstić information content (AvgIpc) is 3.29. The minimum atomic E-state index is -0.0879. The maximum Gasteiger partial charge on any atom is 0.239 e. The van der Waals surface area contributed by atoms with Crippen LogP contribution in [0.2, 0.25) is 0 Å². The highest BCUT2D eigenvalue weighted by molar-refractivity contribution is 14.0. The van der Waals surface area contributed by atoms with E-state index in [0.29, 0.717) is 32.2 Å². The fraction of sp³-hybridized carbons (Fsp3) is 0.417. The zero-order valence-corrected chi connectivity index (χ0v) is 21.1. The molecule has 1 heterocycles. The number of amides is 1. The molecule has 7 nitrogen and oxygen atoms in total. The van der Waals surface area contributed by atoms with Gasteiger partial charge in [0.25, 0.3) is 0 Å².